The lowest BCUT2D eigenvalue weighted by molar-refractivity contribution is -0.150. The zero-order valence-corrected chi connectivity index (χ0v) is 16.5. The van der Waals surface area contributed by atoms with Crippen molar-refractivity contribution in [3.05, 3.63) is 29.3 Å². The third kappa shape index (κ3) is 5.53. The third-order valence-corrected chi connectivity index (χ3v) is 5.24. The van der Waals surface area contributed by atoms with E-state index in [1.54, 1.807) is 0 Å². The molecule has 2 unspecified atom stereocenters. The molecule has 0 radical (unpaired) electrons. The summed E-state index contributed by atoms with van der Waals surface area (Å²) < 4.78 is 4.90. The van der Waals surface area contributed by atoms with E-state index < -0.39 is 17.5 Å². The van der Waals surface area contributed by atoms with Crippen LogP contribution in [-0.2, 0) is 14.3 Å². The monoisotopic (exact) mass is 375 g/mol. The summed E-state index contributed by atoms with van der Waals surface area (Å²) in [6, 6.07) is 5.14. The van der Waals surface area contributed by atoms with Gasteiger partial charge in [0.2, 0.25) is 5.91 Å². The number of carbonyl (C=O) groups excluding carboxylic acids is 3. The Hall–Kier alpha value is -2.41. The van der Waals surface area contributed by atoms with Crippen molar-refractivity contribution in [1.82, 2.24) is 10.6 Å². The molecule has 1 fully saturated rings. The number of rotatable bonds is 5. The number of aryl methyl sites for hydroxylation is 2. The van der Waals surface area contributed by atoms with Crippen molar-refractivity contribution in [2.24, 2.45) is 5.92 Å². The van der Waals surface area contributed by atoms with Crippen LogP contribution in [0.5, 0.6) is 0 Å². The highest BCUT2D eigenvalue weighted by Crippen LogP contribution is 2.34. The van der Waals surface area contributed by atoms with Crippen LogP contribution in [0.1, 0.15) is 43.7 Å². The van der Waals surface area contributed by atoms with Crippen LogP contribution < -0.4 is 16.0 Å². The van der Waals surface area contributed by atoms with Crippen molar-refractivity contribution < 1.29 is 19.1 Å². The molecule has 0 aliphatic heterocycles. The largest absolute Gasteiger partial charge is 0.469 e. The number of esters is 1. The molecule has 1 aliphatic carbocycles. The minimum atomic E-state index is -0.575. The fourth-order valence-corrected chi connectivity index (χ4v) is 3.54. The first-order chi connectivity index (χ1) is 12.7. The molecule has 2 atom stereocenters. The zero-order valence-electron chi connectivity index (χ0n) is 16.5. The quantitative estimate of drug-likeness (QED) is 0.688. The van der Waals surface area contributed by atoms with E-state index in [1.165, 1.54) is 7.11 Å². The van der Waals surface area contributed by atoms with Gasteiger partial charge in [0.1, 0.15) is 0 Å². The van der Waals surface area contributed by atoms with Crippen molar-refractivity contribution in [2.45, 2.75) is 52.0 Å². The molecular formula is C20H29N3O4. The fourth-order valence-electron chi connectivity index (χ4n) is 3.54. The predicted octanol–water partition coefficient (Wildman–Crippen LogP) is 2.66. The Morgan fingerprint density at radius 2 is 1.96 bits per heavy atom. The Balaban J connectivity index is 1.90. The summed E-state index contributed by atoms with van der Waals surface area (Å²) in [5.74, 6) is -1.01. The van der Waals surface area contributed by atoms with Crippen LogP contribution in [0.25, 0.3) is 0 Å². The molecule has 3 N–H and O–H groups in total. The SMILES string of the molecule is COC(=O)C1CCCCC1(C)NCC(=O)NC(=O)Nc1cc(C)ccc1C. The van der Waals surface area contributed by atoms with Gasteiger partial charge in [0.05, 0.1) is 19.6 Å². The summed E-state index contributed by atoms with van der Waals surface area (Å²) in [7, 11) is 1.38. The normalized spacial score (nSPS) is 22.0. The van der Waals surface area contributed by atoms with Gasteiger partial charge in [0, 0.05) is 11.2 Å². The number of imide groups is 1. The standard InChI is InChI=1S/C20H29N3O4/c1-13-8-9-14(2)16(11-13)22-19(26)23-17(24)12-21-20(3)10-6-5-7-15(20)18(25)27-4/h8-9,11,15,21H,5-7,10,12H2,1-4H3,(H2,22,23,24,26). The fraction of sp³-hybridized carbons (Fsp3) is 0.550. The van der Waals surface area contributed by atoms with Crippen LogP contribution in [0.4, 0.5) is 10.5 Å². The van der Waals surface area contributed by atoms with Crippen molar-refractivity contribution in [3.8, 4) is 0 Å². The first-order valence-corrected chi connectivity index (χ1v) is 9.26. The van der Waals surface area contributed by atoms with Gasteiger partial charge in [-0.05, 0) is 50.8 Å². The summed E-state index contributed by atoms with van der Waals surface area (Å²) >= 11 is 0. The second-order valence-corrected chi connectivity index (χ2v) is 7.41. The van der Waals surface area contributed by atoms with Crippen molar-refractivity contribution in [2.75, 3.05) is 19.0 Å². The van der Waals surface area contributed by atoms with Gasteiger partial charge >= 0.3 is 12.0 Å². The zero-order chi connectivity index (χ0) is 20.0. The predicted molar refractivity (Wildman–Crippen MR) is 103 cm³/mol. The van der Waals surface area contributed by atoms with Gasteiger partial charge in [-0.2, -0.15) is 0 Å². The molecule has 27 heavy (non-hydrogen) atoms. The molecule has 0 heterocycles. The molecule has 0 spiro atoms. The molecule has 0 saturated heterocycles. The average molecular weight is 375 g/mol. The molecule has 2 rings (SSSR count). The van der Waals surface area contributed by atoms with Gasteiger partial charge in [-0.1, -0.05) is 25.0 Å². The Kier molecular flexibility index (Phi) is 6.96. The van der Waals surface area contributed by atoms with E-state index in [4.69, 9.17) is 4.74 Å². The lowest BCUT2D eigenvalue weighted by Crippen LogP contribution is -2.56. The number of nitrogens with one attached hydrogen (secondary N) is 3. The van der Waals surface area contributed by atoms with Crippen LogP contribution in [0.15, 0.2) is 18.2 Å². The van der Waals surface area contributed by atoms with E-state index in [9.17, 15) is 14.4 Å². The highest BCUT2D eigenvalue weighted by atomic mass is 16.5. The van der Waals surface area contributed by atoms with E-state index in [0.29, 0.717) is 5.69 Å². The van der Waals surface area contributed by atoms with E-state index >= 15 is 0 Å². The van der Waals surface area contributed by atoms with Gasteiger partial charge in [-0.3, -0.25) is 14.9 Å². The van der Waals surface area contributed by atoms with Crippen LogP contribution in [0, 0.1) is 19.8 Å². The van der Waals surface area contributed by atoms with E-state index in [2.05, 4.69) is 16.0 Å². The summed E-state index contributed by atoms with van der Waals surface area (Å²) in [5.41, 5.74) is 2.07. The highest BCUT2D eigenvalue weighted by Gasteiger charge is 2.41. The minimum absolute atomic E-state index is 0.0514. The number of anilines is 1. The first kappa shape index (κ1) is 20.9. The second-order valence-electron chi connectivity index (χ2n) is 7.41. The number of methoxy groups -OCH3 is 1. The molecule has 1 aromatic rings. The maximum atomic E-state index is 12.2. The van der Waals surface area contributed by atoms with Crippen molar-refractivity contribution >= 4 is 23.6 Å². The highest BCUT2D eigenvalue weighted by molar-refractivity contribution is 6.02. The first-order valence-electron chi connectivity index (χ1n) is 9.26. The molecule has 148 valence electrons. The molecule has 1 aliphatic rings. The molecule has 0 bridgehead atoms. The van der Waals surface area contributed by atoms with Gasteiger partial charge in [0.15, 0.2) is 0 Å². The van der Waals surface area contributed by atoms with Gasteiger partial charge < -0.3 is 15.4 Å². The maximum Gasteiger partial charge on any atom is 0.325 e. The van der Waals surface area contributed by atoms with Crippen LogP contribution in [0.3, 0.4) is 0 Å². The van der Waals surface area contributed by atoms with E-state index in [-0.39, 0.29) is 18.4 Å². The van der Waals surface area contributed by atoms with Crippen molar-refractivity contribution in [1.29, 1.82) is 0 Å². The Labute approximate surface area is 160 Å². The molecule has 1 aromatic carbocycles. The summed E-state index contributed by atoms with van der Waals surface area (Å²) in [5, 5.41) is 8.17. The third-order valence-electron chi connectivity index (χ3n) is 5.24. The van der Waals surface area contributed by atoms with E-state index in [0.717, 1.165) is 36.8 Å². The molecule has 3 amide bonds. The van der Waals surface area contributed by atoms with Gasteiger partial charge in [0.25, 0.3) is 0 Å². The molecule has 1 saturated carbocycles. The number of benzene rings is 1. The Morgan fingerprint density at radius 1 is 1.22 bits per heavy atom. The number of hydrogen-bond donors (Lipinski definition) is 3. The van der Waals surface area contributed by atoms with Gasteiger partial charge in [-0.15, -0.1) is 0 Å². The topological polar surface area (TPSA) is 96.5 Å². The number of ether oxygens (including phenoxy) is 1. The number of carbonyl (C=O) groups is 3. The number of hydrogen-bond acceptors (Lipinski definition) is 5. The van der Waals surface area contributed by atoms with E-state index in [1.807, 2.05) is 39.0 Å². The van der Waals surface area contributed by atoms with Crippen molar-refractivity contribution in [3.63, 3.8) is 0 Å². The summed E-state index contributed by atoms with van der Waals surface area (Å²) in [4.78, 5) is 36.3. The lowest BCUT2D eigenvalue weighted by Gasteiger charge is -2.40. The smallest absolute Gasteiger partial charge is 0.325 e. The average Bonchev–Trinajstić information content (AvgIpc) is 2.63. The Morgan fingerprint density at radius 3 is 2.67 bits per heavy atom. The van der Waals surface area contributed by atoms with Gasteiger partial charge in [-0.25, -0.2) is 4.79 Å². The maximum absolute atomic E-state index is 12.2. The molecule has 7 nitrogen and oxygen atoms in total. The van der Waals surface area contributed by atoms with Crippen LogP contribution in [-0.4, -0.2) is 37.1 Å². The molecule has 7 heteroatoms. The summed E-state index contributed by atoms with van der Waals surface area (Å²) in [6.45, 7) is 5.69. The summed E-state index contributed by atoms with van der Waals surface area (Å²) in [6.07, 6.45) is 3.44. The van der Waals surface area contributed by atoms with Crippen LogP contribution in [0.2, 0.25) is 0 Å². The number of amides is 3. The number of urea groups is 1. The second kappa shape index (κ2) is 8.99. The minimum Gasteiger partial charge on any atom is -0.469 e. The Bertz CT molecular complexity index is 719. The lowest BCUT2D eigenvalue weighted by atomic mass is 9.74. The molecular weight excluding hydrogens is 346 g/mol. The van der Waals surface area contributed by atoms with Crippen LogP contribution >= 0.6 is 0 Å². The molecule has 0 aromatic heterocycles.